The molecule has 0 saturated carbocycles. The molecule has 6 heteroatoms. The Kier molecular flexibility index (Phi) is 3.16. The number of carboxylic acids is 1. The van der Waals surface area contributed by atoms with Crippen LogP contribution in [-0.2, 0) is 11.3 Å². The third kappa shape index (κ3) is 2.27. The Hall–Kier alpha value is -2.36. The molecule has 1 fully saturated rings. The molecule has 0 aliphatic carbocycles. The van der Waals surface area contributed by atoms with Gasteiger partial charge in [-0.25, -0.2) is 0 Å². The van der Waals surface area contributed by atoms with Crippen molar-refractivity contribution in [1.29, 1.82) is 5.26 Å². The number of rotatable bonds is 3. The van der Waals surface area contributed by atoms with E-state index in [9.17, 15) is 10.1 Å². The van der Waals surface area contributed by atoms with Crippen LogP contribution in [-0.4, -0.2) is 39.0 Å². The molecular formula is C15H16N4O2. The van der Waals surface area contributed by atoms with Crippen molar-refractivity contribution >= 4 is 11.5 Å². The molecule has 1 saturated heterocycles. The smallest absolute Gasteiger partial charge is 0.325 e. The zero-order chi connectivity index (χ0) is 15.0. The average molecular weight is 284 g/mol. The minimum Gasteiger partial charge on any atom is -0.480 e. The Bertz CT molecular complexity index is 746. The first kappa shape index (κ1) is 13.6. The van der Waals surface area contributed by atoms with Crippen molar-refractivity contribution in [1.82, 2.24) is 9.30 Å². The van der Waals surface area contributed by atoms with Crippen LogP contribution in [0.15, 0.2) is 30.6 Å². The number of nitrogens with zero attached hydrogens (tertiary/aromatic N) is 3. The number of hydrogen-bond donors (Lipinski definition) is 2. The number of likely N-dealkylation sites (tertiary alicyclic amines) is 1. The van der Waals surface area contributed by atoms with Crippen LogP contribution < -0.4 is 5.73 Å². The summed E-state index contributed by atoms with van der Waals surface area (Å²) < 4.78 is 1.91. The van der Waals surface area contributed by atoms with Crippen molar-refractivity contribution in [2.24, 2.45) is 5.73 Å². The predicted molar refractivity (Wildman–Crippen MR) is 76.6 cm³/mol. The summed E-state index contributed by atoms with van der Waals surface area (Å²) >= 11 is 0. The van der Waals surface area contributed by atoms with Crippen LogP contribution in [0.3, 0.4) is 0 Å². The van der Waals surface area contributed by atoms with E-state index in [1.807, 2.05) is 39.9 Å². The third-order valence-electron chi connectivity index (χ3n) is 4.07. The molecular weight excluding hydrogens is 268 g/mol. The maximum absolute atomic E-state index is 11.2. The number of aromatic nitrogens is 1. The molecule has 0 bridgehead atoms. The van der Waals surface area contributed by atoms with Gasteiger partial charge in [-0.05, 0) is 18.6 Å². The van der Waals surface area contributed by atoms with E-state index >= 15 is 0 Å². The normalized spacial score (nSPS) is 22.5. The van der Waals surface area contributed by atoms with E-state index in [-0.39, 0.29) is 0 Å². The minimum atomic E-state index is -1.17. The Balaban J connectivity index is 1.87. The second kappa shape index (κ2) is 4.88. The molecule has 1 aliphatic rings. The standard InChI is InChI=1S/C15H16N4O2/c16-7-12-11(9-19-5-2-1-3-13(12)19)8-18-6-4-15(17,10-18)14(20)21/h1-3,5,9H,4,6,8,10,17H2,(H,20,21). The molecule has 0 radical (unpaired) electrons. The number of fused-ring (bicyclic) bond motifs is 1. The van der Waals surface area contributed by atoms with E-state index in [1.54, 1.807) is 0 Å². The molecule has 3 rings (SSSR count). The van der Waals surface area contributed by atoms with Crippen LogP contribution in [0, 0.1) is 11.3 Å². The fraction of sp³-hybridized carbons (Fsp3) is 0.333. The average Bonchev–Trinajstić information content (AvgIpc) is 3.00. The Morgan fingerprint density at radius 1 is 1.52 bits per heavy atom. The van der Waals surface area contributed by atoms with Crippen molar-refractivity contribution in [2.75, 3.05) is 13.1 Å². The van der Waals surface area contributed by atoms with Gasteiger partial charge in [0.2, 0.25) is 0 Å². The summed E-state index contributed by atoms with van der Waals surface area (Å²) in [6, 6.07) is 7.94. The monoisotopic (exact) mass is 284 g/mol. The fourth-order valence-corrected chi connectivity index (χ4v) is 2.89. The molecule has 0 amide bonds. The third-order valence-corrected chi connectivity index (χ3v) is 4.07. The molecule has 0 spiro atoms. The number of carboxylic acid groups (broad SMARTS) is 1. The molecule has 1 unspecified atom stereocenters. The molecule has 0 aromatic carbocycles. The Labute approximate surface area is 122 Å². The summed E-state index contributed by atoms with van der Waals surface area (Å²) in [4.78, 5) is 13.2. The van der Waals surface area contributed by atoms with Crippen LogP contribution in [0.2, 0.25) is 0 Å². The summed E-state index contributed by atoms with van der Waals surface area (Å²) in [5.74, 6) is -0.965. The van der Waals surface area contributed by atoms with Crippen LogP contribution in [0.1, 0.15) is 17.5 Å². The van der Waals surface area contributed by atoms with E-state index in [4.69, 9.17) is 10.8 Å². The van der Waals surface area contributed by atoms with Gasteiger partial charge in [0, 0.05) is 37.6 Å². The lowest BCUT2D eigenvalue weighted by Crippen LogP contribution is -2.50. The van der Waals surface area contributed by atoms with Crippen LogP contribution in [0.25, 0.3) is 5.52 Å². The maximum atomic E-state index is 11.2. The van der Waals surface area contributed by atoms with Gasteiger partial charge in [-0.3, -0.25) is 9.69 Å². The summed E-state index contributed by atoms with van der Waals surface area (Å²) in [6.45, 7) is 1.47. The summed E-state index contributed by atoms with van der Waals surface area (Å²) in [7, 11) is 0. The molecule has 1 aliphatic heterocycles. The Morgan fingerprint density at radius 3 is 3.00 bits per heavy atom. The molecule has 21 heavy (non-hydrogen) atoms. The van der Waals surface area contributed by atoms with Gasteiger partial charge in [0.1, 0.15) is 11.6 Å². The first-order chi connectivity index (χ1) is 10.0. The SMILES string of the molecule is N#Cc1c(CN2CCC(N)(C(=O)O)C2)cn2ccccc12. The first-order valence-electron chi connectivity index (χ1n) is 6.77. The van der Waals surface area contributed by atoms with Gasteiger partial charge in [0.15, 0.2) is 0 Å². The minimum absolute atomic E-state index is 0.305. The molecule has 3 N–H and O–H groups in total. The highest BCUT2D eigenvalue weighted by molar-refractivity contribution is 5.79. The number of pyridine rings is 1. The lowest BCUT2D eigenvalue weighted by molar-refractivity contribution is -0.142. The predicted octanol–water partition coefficient (Wildman–Crippen LogP) is 0.799. The quantitative estimate of drug-likeness (QED) is 0.869. The number of aliphatic carboxylic acids is 1. The van der Waals surface area contributed by atoms with E-state index in [0.29, 0.717) is 31.6 Å². The van der Waals surface area contributed by atoms with Gasteiger partial charge in [-0.2, -0.15) is 5.26 Å². The van der Waals surface area contributed by atoms with Crippen LogP contribution >= 0.6 is 0 Å². The van der Waals surface area contributed by atoms with Gasteiger partial charge in [-0.15, -0.1) is 0 Å². The largest absolute Gasteiger partial charge is 0.480 e. The molecule has 2 aromatic heterocycles. The highest BCUT2D eigenvalue weighted by atomic mass is 16.4. The van der Waals surface area contributed by atoms with Crippen molar-refractivity contribution in [3.63, 3.8) is 0 Å². The zero-order valence-electron chi connectivity index (χ0n) is 11.5. The van der Waals surface area contributed by atoms with Crippen LogP contribution in [0.5, 0.6) is 0 Å². The van der Waals surface area contributed by atoms with Gasteiger partial charge in [-0.1, -0.05) is 6.07 Å². The molecule has 6 nitrogen and oxygen atoms in total. The van der Waals surface area contributed by atoms with E-state index in [0.717, 1.165) is 11.1 Å². The highest BCUT2D eigenvalue weighted by Gasteiger charge is 2.41. The highest BCUT2D eigenvalue weighted by Crippen LogP contribution is 2.24. The maximum Gasteiger partial charge on any atom is 0.325 e. The fourth-order valence-electron chi connectivity index (χ4n) is 2.89. The van der Waals surface area contributed by atoms with E-state index in [1.165, 1.54) is 0 Å². The first-order valence-corrected chi connectivity index (χ1v) is 6.77. The van der Waals surface area contributed by atoms with Gasteiger partial charge < -0.3 is 15.2 Å². The van der Waals surface area contributed by atoms with Gasteiger partial charge in [0.05, 0.1) is 11.1 Å². The summed E-state index contributed by atoms with van der Waals surface area (Å²) in [5, 5.41) is 18.5. The van der Waals surface area contributed by atoms with Crippen molar-refractivity contribution in [3.8, 4) is 6.07 Å². The number of nitrogens with two attached hydrogens (primary N) is 1. The molecule has 1 atom stereocenters. The lowest BCUT2D eigenvalue weighted by atomic mass is 10.0. The Morgan fingerprint density at radius 2 is 2.33 bits per heavy atom. The molecule has 108 valence electrons. The summed E-state index contributed by atoms with van der Waals surface area (Å²) in [5.41, 5.74) is 7.11. The van der Waals surface area contributed by atoms with Gasteiger partial charge >= 0.3 is 5.97 Å². The topological polar surface area (TPSA) is 94.8 Å². The second-order valence-electron chi connectivity index (χ2n) is 5.56. The van der Waals surface area contributed by atoms with E-state index < -0.39 is 11.5 Å². The zero-order valence-corrected chi connectivity index (χ0v) is 11.5. The summed E-state index contributed by atoms with van der Waals surface area (Å²) in [6.07, 6.45) is 4.25. The molecule has 2 aromatic rings. The number of carbonyl (C=O) groups is 1. The lowest BCUT2D eigenvalue weighted by Gasteiger charge is -2.19. The van der Waals surface area contributed by atoms with Crippen molar-refractivity contribution in [2.45, 2.75) is 18.5 Å². The number of nitriles is 1. The van der Waals surface area contributed by atoms with Crippen molar-refractivity contribution < 1.29 is 9.90 Å². The molecule has 3 heterocycles. The van der Waals surface area contributed by atoms with Crippen LogP contribution in [0.4, 0.5) is 0 Å². The second-order valence-corrected chi connectivity index (χ2v) is 5.56. The van der Waals surface area contributed by atoms with Crippen molar-refractivity contribution in [3.05, 3.63) is 41.7 Å². The van der Waals surface area contributed by atoms with Gasteiger partial charge in [0.25, 0.3) is 0 Å². The van der Waals surface area contributed by atoms with E-state index in [2.05, 4.69) is 6.07 Å². The number of hydrogen-bond acceptors (Lipinski definition) is 4.